The minimum atomic E-state index is 0.188. The maximum Gasteiger partial charge on any atom is 0.161 e. The van der Waals surface area contributed by atoms with Gasteiger partial charge in [-0.3, -0.25) is 0 Å². The largest absolute Gasteiger partial charge is 0.493 e. The number of nitrogens with one attached hydrogen (secondary N) is 1. The first-order valence-corrected chi connectivity index (χ1v) is 10.6. The molecule has 0 saturated heterocycles. The van der Waals surface area contributed by atoms with Gasteiger partial charge in [-0.2, -0.15) is 0 Å². The molecule has 3 nitrogen and oxygen atoms in total. The summed E-state index contributed by atoms with van der Waals surface area (Å²) < 4.78 is 11.1. The lowest BCUT2D eigenvalue weighted by molar-refractivity contribution is -0.922. The first-order valence-electron chi connectivity index (χ1n) is 10.3. The Hall–Kier alpha value is -2.75. The van der Waals surface area contributed by atoms with Crippen molar-refractivity contribution in [2.24, 2.45) is 0 Å². The zero-order valence-electron chi connectivity index (χ0n) is 17.4. The Kier molecular flexibility index (Phi) is 6.41. The van der Waals surface area contributed by atoms with Crippen molar-refractivity contribution < 1.29 is 14.4 Å². The molecule has 0 saturated carbocycles. The van der Waals surface area contributed by atoms with Crippen LogP contribution >= 0.6 is 11.6 Å². The van der Waals surface area contributed by atoms with E-state index in [9.17, 15) is 0 Å². The molecule has 1 aliphatic rings. The lowest BCUT2D eigenvalue weighted by Crippen LogP contribution is -3.13. The molecule has 0 aromatic heterocycles. The number of rotatable bonds is 6. The number of hydrogen-bond donors (Lipinski definition) is 1. The van der Waals surface area contributed by atoms with Crippen LogP contribution in [0.15, 0.2) is 72.8 Å². The highest BCUT2D eigenvalue weighted by Gasteiger charge is 2.33. The molecule has 1 N–H and O–H groups in total. The first kappa shape index (κ1) is 20.5. The van der Waals surface area contributed by atoms with Crippen molar-refractivity contribution in [2.75, 3.05) is 27.3 Å². The number of fused-ring (bicyclic) bond motifs is 1. The summed E-state index contributed by atoms with van der Waals surface area (Å²) in [6, 6.07) is 23.1. The summed E-state index contributed by atoms with van der Waals surface area (Å²) in [5.74, 6) is 1.55. The second kappa shape index (κ2) is 9.38. The molecule has 0 fully saturated rings. The number of methoxy groups -OCH3 is 2. The lowest BCUT2D eigenvalue weighted by atomic mass is 9.87. The van der Waals surface area contributed by atoms with Crippen molar-refractivity contribution in [3.63, 3.8) is 0 Å². The molecule has 0 radical (unpaired) electrons. The topological polar surface area (TPSA) is 22.9 Å². The molecular weight excluding hydrogens is 394 g/mol. The average molecular weight is 421 g/mol. The van der Waals surface area contributed by atoms with E-state index in [1.807, 2.05) is 18.2 Å². The third-order valence-electron chi connectivity index (χ3n) is 5.75. The molecule has 154 valence electrons. The number of halogens is 1. The summed E-state index contributed by atoms with van der Waals surface area (Å²) in [7, 11) is 3.38. The van der Waals surface area contributed by atoms with Crippen LogP contribution in [0.1, 0.15) is 28.3 Å². The second-order valence-corrected chi connectivity index (χ2v) is 8.01. The van der Waals surface area contributed by atoms with Gasteiger partial charge in [0.15, 0.2) is 11.5 Å². The fourth-order valence-corrected chi connectivity index (χ4v) is 4.51. The molecule has 0 bridgehead atoms. The Labute approximate surface area is 183 Å². The summed E-state index contributed by atoms with van der Waals surface area (Å²) in [6.45, 7) is 1.97. The van der Waals surface area contributed by atoms with Gasteiger partial charge in [-0.15, -0.1) is 0 Å². The van der Waals surface area contributed by atoms with Gasteiger partial charge in [-0.25, -0.2) is 0 Å². The molecule has 0 aliphatic carbocycles. The van der Waals surface area contributed by atoms with E-state index >= 15 is 0 Å². The van der Waals surface area contributed by atoms with E-state index < -0.39 is 0 Å². The molecule has 1 heterocycles. The minimum Gasteiger partial charge on any atom is -0.493 e. The highest BCUT2D eigenvalue weighted by Crippen LogP contribution is 2.36. The number of hydrogen-bond acceptors (Lipinski definition) is 2. The second-order valence-electron chi connectivity index (χ2n) is 7.57. The Morgan fingerprint density at radius 1 is 0.967 bits per heavy atom. The van der Waals surface area contributed by atoms with Gasteiger partial charge in [0.05, 0.1) is 27.3 Å². The molecule has 1 unspecified atom stereocenters. The number of quaternary nitrogens is 1. The van der Waals surface area contributed by atoms with E-state index in [1.165, 1.54) is 27.2 Å². The molecule has 4 rings (SSSR count). The van der Waals surface area contributed by atoms with Gasteiger partial charge in [-0.1, -0.05) is 60.1 Å². The molecule has 2 atom stereocenters. The van der Waals surface area contributed by atoms with Crippen LogP contribution in [0.3, 0.4) is 0 Å². The van der Waals surface area contributed by atoms with Crippen LogP contribution < -0.4 is 14.4 Å². The van der Waals surface area contributed by atoms with Crippen molar-refractivity contribution in [3.05, 3.63) is 100 Å². The zero-order chi connectivity index (χ0) is 20.9. The summed E-state index contributed by atoms with van der Waals surface area (Å²) in [4.78, 5) is 1.49. The van der Waals surface area contributed by atoms with Crippen LogP contribution in [0, 0.1) is 0 Å². The maximum atomic E-state index is 6.36. The minimum absolute atomic E-state index is 0.188. The summed E-state index contributed by atoms with van der Waals surface area (Å²) >= 11 is 6.36. The Balaban J connectivity index is 1.71. The molecule has 1 aliphatic heterocycles. The third kappa shape index (κ3) is 4.38. The molecule has 30 heavy (non-hydrogen) atoms. The fraction of sp³-hybridized carbons (Fsp3) is 0.231. The molecular formula is C26H27ClNO2+. The van der Waals surface area contributed by atoms with Crippen LogP contribution in [0.25, 0.3) is 6.08 Å². The highest BCUT2D eigenvalue weighted by molar-refractivity contribution is 6.30. The van der Waals surface area contributed by atoms with Gasteiger partial charge in [0.1, 0.15) is 6.04 Å². The van der Waals surface area contributed by atoms with E-state index in [2.05, 4.69) is 60.7 Å². The number of ether oxygens (including phenoxy) is 2. The predicted octanol–water partition coefficient (Wildman–Crippen LogP) is 4.60. The van der Waals surface area contributed by atoms with E-state index in [0.717, 1.165) is 36.0 Å². The normalized spacial score (nSPS) is 18.2. The quantitative estimate of drug-likeness (QED) is 0.629. The van der Waals surface area contributed by atoms with Crippen LogP contribution in [-0.4, -0.2) is 27.3 Å². The van der Waals surface area contributed by atoms with Crippen LogP contribution in [0.5, 0.6) is 11.5 Å². The van der Waals surface area contributed by atoms with E-state index in [-0.39, 0.29) is 6.04 Å². The summed E-state index contributed by atoms with van der Waals surface area (Å²) in [5, 5.41) is 0.763. The van der Waals surface area contributed by atoms with Crippen LogP contribution in [-0.2, 0) is 6.42 Å². The summed E-state index contributed by atoms with van der Waals surface area (Å²) in [5.41, 5.74) is 5.04. The molecule has 0 amide bonds. The van der Waals surface area contributed by atoms with Gasteiger partial charge < -0.3 is 14.4 Å². The fourth-order valence-electron chi connectivity index (χ4n) is 4.31. The van der Waals surface area contributed by atoms with Crippen molar-refractivity contribution in [3.8, 4) is 11.5 Å². The first-order chi connectivity index (χ1) is 14.7. The van der Waals surface area contributed by atoms with Gasteiger partial charge in [0, 0.05) is 22.6 Å². The van der Waals surface area contributed by atoms with Crippen molar-refractivity contribution in [2.45, 2.75) is 12.5 Å². The molecule has 3 aromatic carbocycles. The van der Waals surface area contributed by atoms with Gasteiger partial charge in [-0.05, 0) is 41.5 Å². The van der Waals surface area contributed by atoms with Crippen molar-refractivity contribution in [1.82, 2.24) is 0 Å². The van der Waals surface area contributed by atoms with Crippen molar-refractivity contribution >= 4 is 17.7 Å². The molecule has 3 aromatic rings. The van der Waals surface area contributed by atoms with E-state index in [4.69, 9.17) is 21.1 Å². The van der Waals surface area contributed by atoms with Crippen LogP contribution in [0.2, 0.25) is 5.02 Å². The predicted molar refractivity (Wildman–Crippen MR) is 123 cm³/mol. The standard InChI is InChI=1S/C26H26ClNO2/c1-29-24-17-20-13-15-28(14-7-10-19-8-4-3-5-9-19)26(23(20)18-25(24)30-2)21-11-6-12-22(27)16-21/h3-12,16-18,26H,13-15H2,1-2H3/p+1/b10-7+/t26-/m1/s1. The third-order valence-corrected chi connectivity index (χ3v) is 5.99. The van der Waals surface area contributed by atoms with Gasteiger partial charge >= 0.3 is 0 Å². The maximum absolute atomic E-state index is 6.36. The average Bonchev–Trinajstić information content (AvgIpc) is 2.78. The van der Waals surface area contributed by atoms with Gasteiger partial charge in [0.2, 0.25) is 0 Å². The van der Waals surface area contributed by atoms with E-state index in [1.54, 1.807) is 14.2 Å². The Bertz CT molecular complexity index is 1030. The van der Waals surface area contributed by atoms with Crippen molar-refractivity contribution in [1.29, 1.82) is 0 Å². The van der Waals surface area contributed by atoms with E-state index in [0.29, 0.717) is 0 Å². The molecule has 4 heteroatoms. The Morgan fingerprint density at radius 3 is 2.47 bits per heavy atom. The smallest absolute Gasteiger partial charge is 0.161 e. The monoisotopic (exact) mass is 420 g/mol. The molecule has 0 spiro atoms. The van der Waals surface area contributed by atoms with Gasteiger partial charge in [0.25, 0.3) is 0 Å². The SMILES string of the molecule is COc1cc2c(cc1OC)[C@@H](c1cccc(Cl)c1)[NH+](C/C=C/c1ccccc1)CC2. The zero-order valence-corrected chi connectivity index (χ0v) is 18.2. The number of benzene rings is 3. The Morgan fingerprint density at radius 2 is 1.73 bits per heavy atom. The summed E-state index contributed by atoms with van der Waals surface area (Å²) in [6.07, 6.45) is 5.47. The highest BCUT2D eigenvalue weighted by atomic mass is 35.5. The van der Waals surface area contributed by atoms with Crippen LogP contribution in [0.4, 0.5) is 0 Å². The lowest BCUT2D eigenvalue weighted by Gasteiger charge is -2.34.